The number of carbonyl (C=O) groups is 3. The van der Waals surface area contributed by atoms with Crippen LogP contribution in [0.2, 0.25) is 0 Å². The molecule has 1 N–H and O–H groups in total. The lowest BCUT2D eigenvalue weighted by atomic mass is 10.1. The van der Waals surface area contributed by atoms with Crippen molar-refractivity contribution in [3.63, 3.8) is 0 Å². The molecule has 1 aromatic heterocycles. The molecule has 1 saturated heterocycles. The van der Waals surface area contributed by atoms with Gasteiger partial charge < -0.3 is 9.30 Å². The van der Waals surface area contributed by atoms with E-state index in [0.29, 0.717) is 16.9 Å². The molecule has 1 fully saturated rings. The van der Waals surface area contributed by atoms with Gasteiger partial charge in [0.1, 0.15) is 11.3 Å². The first kappa shape index (κ1) is 21.6. The van der Waals surface area contributed by atoms with Gasteiger partial charge in [0.15, 0.2) is 0 Å². The largest absolute Gasteiger partial charge is 0.497 e. The number of anilines is 1. The number of imide groups is 2. The highest BCUT2D eigenvalue weighted by atomic mass is 79.9. The fourth-order valence-electron chi connectivity index (χ4n) is 3.65. The third kappa shape index (κ3) is 3.85. The number of halogens is 1. The number of rotatable bonds is 4. The van der Waals surface area contributed by atoms with Crippen molar-refractivity contribution in [3.8, 4) is 11.4 Å². The second-order valence-corrected chi connectivity index (χ2v) is 8.24. The Morgan fingerprint density at radius 2 is 1.69 bits per heavy atom. The average molecular weight is 494 g/mol. The van der Waals surface area contributed by atoms with Crippen LogP contribution in [0.5, 0.6) is 5.75 Å². The van der Waals surface area contributed by atoms with Crippen molar-refractivity contribution in [3.05, 3.63) is 81.6 Å². The van der Waals surface area contributed by atoms with Crippen LogP contribution in [0.3, 0.4) is 0 Å². The van der Waals surface area contributed by atoms with Gasteiger partial charge in [-0.05, 0) is 80.1 Å². The van der Waals surface area contributed by atoms with Gasteiger partial charge in [0.25, 0.3) is 11.8 Å². The second kappa shape index (κ2) is 8.47. The maximum Gasteiger partial charge on any atom is 0.335 e. The monoisotopic (exact) mass is 493 g/mol. The SMILES string of the molecule is COc1ccc(-n2c(C)ccc2/C=C2\C(=O)NC(=O)N(c3ccc(Br)cc3C)C2=O)cc1. The number of benzene rings is 2. The zero-order chi connectivity index (χ0) is 23.0. The van der Waals surface area contributed by atoms with Gasteiger partial charge in [0.05, 0.1) is 12.8 Å². The number of aryl methyl sites for hydroxylation is 2. The maximum absolute atomic E-state index is 13.3. The van der Waals surface area contributed by atoms with Crippen LogP contribution in [-0.4, -0.2) is 29.5 Å². The number of nitrogens with one attached hydrogen (secondary N) is 1. The van der Waals surface area contributed by atoms with Crippen LogP contribution in [0.1, 0.15) is 17.0 Å². The van der Waals surface area contributed by atoms with Crippen molar-refractivity contribution in [1.29, 1.82) is 0 Å². The lowest BCUT2D eigenvalue weighted by Crippen LogP contribution is -2.54. The summed E-state index contributed by atoms with van der Waals surface area (Å²) >= 11 is 3.38. The van der Waals surface area contributed by atoms with E-state index < -0.39 is 17.8 Å². The number of barbiturate groups is 1. The van der Waals surface area contributed by atoms with Crippen LogP contribution in [-0.2, 0) is 9.59 Å². The summed E-state index contributed by atoms with van der Waals surface area (Å²) in [6.45, 7) is 3.72. The minimum Gasteiger partial charge on any atom is -0.497 e. The highest BCUT2D eigenvalue weighted by Gasteiger charge is 2.37. The van der Waals surface area contributed by atoms with Crippen molar-refractivity contribution in [2.45, 2.75) is 13.8 Å². The molecule has 7 nitrogen and oxygen atoms in total. The predicted octanol–water partition coefficient (Wildman–Crippen LogP) is 4.53. The molecule has 8 heteroatoms. The first-order valence-corrected chi connectivity index (χ1v) is 10.6. The fourth-order valence-corrected chi connectivity index (χ4v) is 4.12. The summed E-state index contributed by atoms with van der Waals surface area (Å²) in [5.74, 6) is -0.685. The molecule has 2 aromatic carbocycles. The number of hydrogen-bond acceptors (Lipinski definition) is 4. The summed E-state index contributed by atoms with van der Waals surface area (Å²) in [7, 11) is 1.60. The smallest absolute Gasteiger partial charge is 0.335 e. The molecule has 0 unspecified atom stereocenters. The molecule has 3 aromatic rings. The molecule has 0 saturated carbocycles. The summed E-state index contributed by atoms with van der Waals surface area (Å²) < 4.78 is 7.96. The first-order chi connectivity index (χ1) is 15.3. The van der Waals surface area contributed by atoms with Crippen molar-refractivity contribution in [1.82, 2.24) is 9.88 Å². The number of nitrogens with zero attached hydrogens (tertiary/aromatic N) is 2. The number of carbonyl (C=O) groups excluding carboxylic acids is 3. The minimum atomic E-state index is -0.774. The van der Waals surface area contributed by atoms with Gasteiger partial charge >= 0.3 is 6.03 Å². The standard InChI is InChI=1S/C24H20BrN3O4/c1-14-12-16(25)5-11-21(14)28-23(30)20(22(29)26-24(28)31)13-18-6-4-15(2)27(18)17-7-9-19(32-3)10-8-17/h4-13H,1-3H3,(H,26,29,31)/b20-13+. The van der Waals surface area contributed by atoms with Crippen molar-refractivity contribution in [2.75, 3.05) is 12.0 Å². The zero-order valence-electron chi connectivity index (χ0n) is 17.7. The van der Waals surface area contributed by atoms with E-state index in [0.717, 1.165) is 26.5 Å². The lowest BCUT2D eigenvalue weighted by molar-refractivity contribution is -0.122. The third-order valence-corrected chi connectivity index (χ3v) is 5.72. The predicted molar refractivity (Wildman–Crippen MR) is 125 cm³/mol. The Labute approximate surface area is 193 Å². The molecule has 0 bridgehead atoms. The molecule has 1 aliphatic heterocycles. The van der Waals surface area contributed by atoms with Crippen LogP contribution >= 0.6 is 15.9 Å². The van der Waals surface area contributed by atoms with Gasteiger partial charge in [-0.3, -0.25) is 14.9 Å². The molecule has 2 heterocycles. The van der Waals surface area contributed by atoms with E-state index in [4.69, 9.17) is 4.74 Å². The van der Waals surface area contributed by atoms with Crippen LogP contribution in [0, 0.1) is 13.8 Å². The summed E-state index contributed by atoms with van der Waals surface area (Å²) in [5, 5.41) is 2.27. The van der Waals surface area contributed by atoms with Gasteiger partial charge in [0, 0.05) is 21.5 Å². The highest BCUT2D eigenvalue weighted by Crippen LogP contribution is 2.28. The van der Waals surface area contributed by atoms with Crippen LogP contribution in [0.4, 0.5) is 10.5 Å². The molecular formula is C24H20BrN3O4. The Kier molecular flexibility index (Phi) is 5.71. The average Bonchev–Trinajstić information content (AvgIpc) is 3.12. The molecule has 0 aliphatic carbocycles. The highest BCUT2D eigenvalue weighted by molar-refractivity contribution is 9.10. The Balaban J connectivity index is 1.77. The van der Waals surface area contributed by atoms with E-state index in [1.165, 1.54) is 6.08 Å². The number of hydrogen-bond donors (Lipinski definition) is 1. The van der Waals surface area contributed by atoms with E-state index in [1.807, 2.05) is 47.9 Å². The van der Waals surface area contributed by atoms with Crippen molar-refractivity contribution >= 4 is 45.5 Å². The van der Waals surface area contributed by atoms with E-state index in [9.17, 15) is 14.4 Å². The lowest BCUT2D eigenvalue weighted by Gasteiger charge is -2.27. The molecule has 1 aliphatic rings. The number of aromatic nitrogens is 1. The number of ether oxygens (including phenoxy) is 1. The molecule has 4 amide bonds. The molecule has 4 rings (SSSR count). The summed E-state index contributed by atoms with van der Waals surface area (Å²) in [4.78, 5) is 39.4. The van der Waals surface area contributed by atoms with E-state index in [1.54, 1.807) is 32.2 Å². The Bertz CT molecular complexity index is 1270. The maximum atomic E-state index is 13.3. The fraction of sp³-hybridized carbons (Fsp3) is 0.125. The van der Waals surface area contributed by atoms with Gasteiger partial charge in [-0.1, -0.05) is 15.9 Å². The van der Waals surface area contributed by atoms with Gasteiger partial charge in [-0.15, -0.1) is 0 Å². The van der Waals surface area contributed by atoms with Gasteiger partial charge in [0.2, 0.25) is 0 Å². The molecule has 32 heavy (non-hydrogen) atoms. The van der Waals surface area contributed by atoms with E-state index in [2.05, 4.69) is 21.2 Å². The Morgan fingerprint density at radius 3 is 2.34 bits per heavy atom. The van der Waals surface area contributed by atoms with E-state index >= 15 is 0 Å². The summed E-state index contributed by atoms with van der Waals surface area (Å²) in [6.07, 6.45) is 1.50. The van der Waals surface area contributed by atoms with Crippen LogP contribution in [0.25, 0.3) is 11.8 Å². The molecule has 0 spiro atoms. The molecule has 162 valence electrons. The zero-order valence-corrected chi connectivity index (χ0v) is 19.3. The van der Waals surface area contributed by atoms with E-state index in [-0.39, 0.29) is 5.57 Å². The molecular weight excluding hydrogens is 474 g/mol. The first-order valence-electron chi connectivity index (χ1n) is 9.80. The summed E-state index contributed by atoms with van der Waals surface area (Å²) in [5.41, 5.74) is 3.40. The number of methoxy groups -OCH3 is 1. The Morgan fingerprint density at radius 1 is 0.969 bits per heavy atom. The number of urea groups is 1. The minimum absolute atomic E-state index is 0.125. The number of amides is 4. The topological polar surface area (TPSA) is 80.6 Å². The summed E-state index contributed by atoms with van der Waals surface area (Å²) in [6, 6.07) is 15.6. The van der Waals surface area contributed by atoms with Gasteiger partial charge in [-0.25, -0.2) is 9.69 Å². The quantitative estimate of drug-likeness (QED) is 0.427. The van der Waals surface area contributed by atoms with Crippen molar-refractivity contribution in [2.24, 2.45) is 0 Å². The third-order valence-electron chi connectivity index (χ3n) is 5.23. The van der Waals surface area contributed by atoms with Gasteiger partial charge in [-0.2, -0.15) is 0 Å². The molecule has 0 atom stereocenters. The van der Waals surface area contributed by atoms with Crippen LogP contribution < -0.4 is 15.0 Å². The Hall–Kier alpha value is -3.65. The second-order valence-electron chi connectivity index (χ2n) is 7.32. The molecule has 0 radical (unpaired) electrons. The van der Waals surface area contributed by atoms with Crippen molar-refractivity contribution < 1.29 is 19.1 Å². The van der Waals surface area contributed by atoms with Crippen LogP contribution in [0.15, 0.2) is 64.6 Å². The normalized spacial score (nSPS) is 15.3.